The summed E-state index contributed by atoms with van der Waals surface area (Å²) in [6.45, 7) is 5.33. The van der Waals surface area contributed by atoms with Crippen LogP contribution in [0.25, 0.3) is 11.1 Å². The third-order valence-corrected chi connectivity index (χ3v) is 2.85. The first-order chi connectivity index (χ1) is 10.7. The molecule has 0 unspecified atom stereocenters. The molecular formula is C17H18N2O4. The minimum Gasteiger partial charge on any atom is -0.478 e. The van der Waals surface area contributed by atoms with Gasteiger partial charge in [0.1, 0.15) is 11.4 Å². The van der Waals surface area contributed by atoms with Crippen molar-refractivity contribution in [3.8, 4) is 11.1 Å². The number of ether oxygens (including phenoxy) is 1. The fourth-order valence-corrected chi connectivity index (χ4v) is 1.89. The number of aromatic carboxylic acids is 1. The van der Waals surface area contributed by atoms with Crippen LogP contribution in [0.5, 0.6) is 0 Å². The number of amides is 1. The van der Waals surface area contributed by atoms with E-state index in [4.69, 9.17) is 9.84 Å². The molecule has 6 heteroatoms. The standard InChI is InChI=1S/C17H18N2O4/c1-17(2,3)23-16(22)19-14-10-13(8-9-18-14)11-4-6-12(7-5-11)15(20)21/h4-10H,1-3H3,(H,20,21)(H,18,19,22). The zero-order chi connectivity index (χ0) is 17.0. The maximum atomic E-state index is 11.8. The molecule has 120 valence electrons. The van der Waals surface area contributed by atoms with Gasteiger partial charge in [-0.1, -0.05) is 12.1 Å². The van der Waals surface area contributed by atoms with Crippen molar-refractivity contribution in [1.29, 1.82) is 0 Å². The number of aromatic nitrogens is 1. The van der Waals surface area contributed by atoms with Crippen LogP contribution in [0.15, 0.2) is 42.6 Å². The van der Waals surface area contributed by atoms with E-state index in [1.807, 2.05) is 0 Å². The molecule has 6 nitrogen and oxygen atoms in total. The lowest BCUT2D eigenvalue weighted by Crippen LogP contribution is -2.27. The molecule has 0 aliphatic heterocycles. The maximum absolute atomic E-state index is 11.8. The lowest BCUT2D eigenvalue weighted by Gasteiger charge is -2.19. The lowest BCUT2D eigenvalue weighted by molar-refractivity contribution is 0.0633. The van der Waals surface area contributed by atoms with Crippen LogP contribution in [-0.2, 0) is 4.74 Å². The summed E-state index contributed by atoms with van der Waals surface area (Å²) < 4.78 is 5.17. The van der Waals surface area contributed by atoms with Gasteiger partial charge in [-0.15, -0.1) is 0 Å². The number of carboxylic acids is 1. The van der Waals surface area contributed by atoms with Crippen LogP contribution in [0.4, 0.5) is 10.6 Å². The molecule has 2 aromatic rings. The van der Waals surface area contributed by atoms with Crippen molar-refractivity contribution in [2.24, 2.45) is 0 Å². The summed E-state index contributed by atoms with van der Waals surface area (Å²) in [5.41, 5.74) is 1.26. The van der Waals surface area contributed by atoms with Crippen LogP contribution in [0.1, 0.15) is 31.1 Å². The number of anilines is 1. The van der Waals surface area contributed by atoms with E-state index in [1.165, 1.54) is 12.1 Å². The van der Waals surface area contributed by atoms with Gasteiger partial charge in [0.25, 0.3) is 0 Å². The molecule has 1 aromatic heterocycles. The number of rotatable bonds is 3. The first-order valence-electron chi connectivity index (χ1n) is 7.04. The van der Waals surface area contributed by atoms with E-state index in [0.29, 0.717) is 5.82 Å². The SMILES string of the molecule is CC(C)(C)OC(=O)Nc1cc(-c2ccc(C(=O)O)cc2)ccn1. The van der Waals surface area contributed by atoms with E-state index in [9.17, 15) is 9.59 Å². The number of carbonyl (C=O) groups excluding carboxylic acids is 1. The smallest absolute Gasteiger partial charge is 0.413 e. The van der Waals surface area contributed by atoms with Gasteiger partial charge in [0.05, 0.1) is 5.56 Å². The van der Waals surface area contributed by atoms with E-state index in [1.54, 1.807) is 51.2 Å². The average Bonchev–Trinajstić information content (AvgIpc) is 2.45. The molecule has 1 heterocycles. The Kier molecular flexibility index (Phi) is 4.64. The summed E-state index contributed by atoms with van der Waals surface area (Å²) in [4.78, 5) is 26.7. The molecule has 2 rings (SSSR count). The second-order valence-electron chi connectivity index (χ2n) is 5.94. The van der Waals surface area contributed by atoms with Crippen molar-refractivity contribution in [1.82, 2.24) is 4.98 Å². The van der Waals surface area contributed by atoms with Gasteiger partial charge in [0, 0.05) is 6.20 Å². The predicted octanol–water partition coefficient (Wildman–Crippen LogP) is 3.79. The molecule has 0 bridgehead atoms. The summed E-state index contributed by atoms with van der Waals surface area (Å²) in [5, 5.41) is 11.5. The normalized spacial score (nSPS) is 10.9. The predicted molar refractivity (Wildman–Crippen MR) is 86.5 cm³/mol. The molecule has 0 atom stereocenters. The largest absolute Gasteiger partial charge is 0.478 e. The van der Waals surface area contributed by atoms with Crippen LogP contribution >= 0.6 is 0 Å². The summed E-state index contributed by atoms with van der Waals surface area (Å²) in [5.74, 6) is -0.613. The molecule has 0 aliphatic carbocycles. The Labute approximate surface area is 134 Å². The van der Waals surface area contributed by atoms with Crippen LogP contribution in [0.2, 0.25) is 0 Å². The molecular weight excluding hydrogens is 296 g/mol. The monoisotopic (exact) mass is 314 g/mol. The summed E-state index contributed by atoms with van der Waals surface area (Å²) >= 11 is 0. The molecule has 0 saturated heterocycles. The number of hydrogen-bond donors (Lipinski definition) is 2. The fraction of sp³-hybridized carbons (Fsp3) is 0.235. The maximum Gasteiger partial charge on any atom is 0.413 e. The van der Waals surface area contributed by atoms with Crippen LogP contribution in [0, 0.1) is 0 Å². The molecule has 0 spiro atoms. The van der Waals surface area contributed by atoms with Gasteiger partial charge in [0.15, 0.2) is 0 Å². The summed E-state index contributed by atoms with van der Waals surface area (Å²) in [7, 11) is 0. The third-order valence-electron chi connectivity index (χ3n) is 2.85. The Morgan fingerprint density at radius 2 is 1.74 bits per heavy atom. The van der Waals surface area contributed by atoms with E-state index in [2.05, 4.69) is 10.3 Å². The molecule has 0 fully saturated rings. The average molecular weight is 314 g/mol. The van der Waals surface area contributed by atoms with Gasteiger partial charge < -0.3 is 9.84 Å². The second-order valence-corrected chi connectivity index (χ2v) is 5.94. The highest BCUT2D eigenvalue weighted by Gasteiger charge is 2.16. The topological polar surface area (TPSA) is 88.5 Å². The number of carboxylic acid groups (broad SMARTS) is 1. The molecule has 1 amide bonds. The number of nitrogens with one attached hydrogen (secondary N) is 1. The Hall–Kier alpha value is -2.89. The zero-order valence-corrected chi connectivity index (χ0v) is 13.2. The van der Waals surface area contributed by atoms with Gasteiger partial charge in [-0.05, 0) is 56.2 Å². The number of nitrogens with zero attached hydrogens (tertiary/aromatic N) is 1. The highest BCUT2D eigenvalue weighted by atomic mass is 16.6. The van der Waals surface area contributed by atoms with Crippen LogP contribution in [0.3, 0.4) is 0 Å². The number of carbonyl (C=O) groups is 2. The third kappa shape index (κ3) is 4.81. The number of pyridine rings is 1. The minimum atomic E-state index is -0.974. The van der Waals surface area contributed by atoms with Crippen LogP contribution < -0.4 is 5.32 Å². The van der Waals surface area contributed by atoms with E-state index >= 15 is 0 Å². The van der Waals surface area contributed by atoms with Gasteiger partial charge in [-0.25, -0.2) is 14.6 Å². The highest BCUT2D eigenvalue weighted by Crippen LogP contribution is 2.22. The van der Waals surface area contributed by atoms with E-state index in [0.717, 1.165) is 11.1 Å². The molecule has 0 aliphatic rings. The van der Waals surface area contributed by atoms with Gasteiger partial charge >= 0.3 is 12.1 Å². The van der Waals surface area contributed by atoms with Crippen LogP contribution in [-0.4, -0.2) is 27.8 Å². The Morgan fingerprint density at radius 1 is 1.09 bits per heavy atom. The van der Waals surface area contributed by atoms with E-state index < -0.39 is 17.7 Å². The van der Waals surface area contributed by atoms with Crippen molar-refractivity contribution in [2.75, 3.05) is 5.32 Å². The van der Waals surface area contributed by atoms with Gasteiger partial charge in [-0.3, -0.25) is 5.32 Å². The first-order valence-corrected chi connectivity index (χ1v) is 7.04. The zero-order valence-electron chi connectivity index (χ0n) is 13.2. The Bertz CT molecular complexity index is 718. The summed E-state index contributed by atoms with van der Waals surface area (Å²) in [6, 6.07) is 9.93. The second kappa shape index (κ2) is 6.48. The molecule has 0 radical (unpaired) electrons. The van der Waals surface area contributed by atoms with Crippen molar-refractivity contribution in [3.63, 3.8) is 0 Å². The Morgan fingerprint density at radius 3 is 2.30 bits per heavy atom. The van der Waals surface area contributed by atoms with Crippen molar-refractivity contribution in [3.05, 3.63) is 48.2 Å². The quantitative estimate of drug-likeness (QED) is 0.899. The molecule has 23 heavy (non-hydrogen) atoms. The molecule has 1 aromatic carbocycles. The van der Waals surface area contributed by atoms with Crippen molar-refractivity contribution < 1.29 is 19.4 Å². The lowest BCUT2D eigenvalue weighted by atomic mass is 10.1. The number of hydrogen-bond acceptors (Lipinski definition) is 4. The molecule has 0 saturated carbocycles. The fourth-order valence-electron chi connectivity index (χ4n) is 1.89. The van der Waals surface area contributed by atoms with Crippen molar-refractivity contribution in [2.45, 2.75) is 26.4 Å². The highest BCUT2D eigenvalue weighted by molar-refractivity contribution is 5.88. The van der Waals surface area contributed by atoms with Crippen molar-refractivity contribution >= 4 is 17.9 Å². The van der Waals surface area contributed by atoms with Gasteiger partial charge in [-0.2, -0.15) is 0 Å². The van der Waals surface area contributed by atoms with E-state index in [-0.39, 0.29) is 5.56 Å². The first kappa shape index (κ1) is 16.5. The molecule has 2 N–H and O–H groups in total. The Balaban J connectivity index is 2.16. The number of benzene rings is 1. The minimum absolute atomic E-state index is 0.218. The summed E-state index contributed by atoms with van der Waals surface area (Å²) in [6.07, 6.45) is 0.982. The van der Waals surface area contributed by atoms with Gasteiger partial charge in [0.2, 0.25) is 0 Å².